The summed E-state index contributed by atoms with van der Waals surface area (Å²) in [4.78, 5) is 16.1. The SMILES string of the molecule is Cc1cccc(CO[C@@H]2C=C[C@H](OCc3nc(-c4ccccc4)oc3C)C2)c1C(=O)O. The third-order valence-electron chi connectivity index (χ3n) is 5.38. The first-order valence-electron chi connectivity index (χ1n) is 10.3. The molecule has 2 aromatic carbocycles. The number of hydrogen-bond acceptors (Lipinski definition) is 5. The molecule has 0 fully saturated rings. The lowest BCUT2D eigenvalue weighted by Crippen LogP contribution is -2.15. The second-order valence-electron chi connectivity index (χ2n) is 7.62. The highest BCUT2D eigenvalue weighted by Gasteiger charge is 2.22. The predicted molar refractivity (Wildman–Crippen MR) is 116 cm³/mol. The second kappa shape index (κ2) is 9.29. The van der Waals surface area contributed by atoms with E-state index in [1.54, 1.807) is 19.1 Å². The van der Waals surface area contributed by atoms with Crippen LogP contribution >= 0.6 is 0 Å². The number of benzene rings is 2. The minimum atomic E-state index is -0.933. The van der Waals surface area contributed by atoms with Crippen molar-refractivity contribution >= 4 is 5.97 Å². The van der Waals surface area contributed by atoms with E-state index in [0.717, 1.165) is 22.6 Å². The molecule has 0 unspecified atom stereocenters. The summed E-state index contributed by atoms with van der Waals surface area (Å²) in [5.74, 6) is 0.402. The Kier molecular flexibility index (Phi) is 6.30. The van der Waals surface area contributed by atoms with E-state index in [0.29, 0.717) is 30.0 Å². The standard InChI is InChI=1S/C25H25NO5/c1-16-7-6-10-19(23(16)25(27)28)14-29-20-11-12-21(13-20)30-15-22-17(2)31-24(26-22)18-8-4-3-5-9-18/h3-12,20-21H,13-15H2,1-2H3,(H,27,28)/t20-,21+/m1/s1. The van der Waals surface area contributed by atoms with E-state index in [1.165, 1.54) is 0 Å². The molecule has 3 aromatic rings. The molecular weight excluding hydrogens is 394 g/mol. The zero-order valence-corrected chi connectivity index (χ0v) is 17.6. The van der Waals surface area contributed by atoms with Crippen molar-refractivity contribution in [2.75, 3.05) is 0 Å². The molecule has 31 heavy (non-hydrogen) atoms. The Morgan fingerprint density at radius 3 is 2.45 bits per heavy atom. The quantitative estimate of drug-likeness (QED) is 0.512. The maximum atomic E-state index is 11.5. The number of nitrogens with zero attached hydrogens (tertiary/aromatic N) is 1. The summed E-state index contributed by atoms with van der Waals surface area (Å²) in [5, 5.41) is 9.45. The fraction of sp³-hybridized carbons (Fsp3) is 0.280. The van der Waals surface area contributed by atoms with Gasteiger partial charge in [-0.1, -0.05) is 48.6 Å². The van der Waals surface area contributed by atoms with E-state index >= 15 is 0 Å². The zero-order chi connectivity index (χ0) is 21.8. The van der Waals surface area contributed by atoms with Crippen molar-refractivity contribution in [3.63, 3.8) is 0 Å². The number of oxazole rings is 1. The Balaban J connectivity index is 1.30. The third-order valence-corrected chi connectivity index (χ3v) is 5.38. The van der Waals surface area contributed by atoms with Crippen LogP contribution < -0.4 is 0 Å². The topological polar surface area (TPSA) is 81.8 Å². The number of carboxylic acids is 1. The van der Waals surface area contributed by atoms with Gasteiger partial charge in [-0.05, 0) is 37.1 Å². The minimum absolute atomic E-state index is 0.0854. The lowest BCUT2D eigenvalue weighted by Gasteiger charge is -2.15. The molecule has 1 aliphatic rings. The fourth-order valence-corrected chi connectivity index (χ4v) is 3.68. The number of hydrogen-bond donors (Lipinski definition) is 1. The van der Waals surface area contributed by atoms with Gasteiger partial charge in [0.25, 0.3) is 0 Å². The summed E-state index contributed by atoms with van der Waals surface area (Å²) in [7, 11) is 0. The number of ether oxygens (including phenoxy) is 2. The number of carboxylic acid groups (broad SMARTS) is 1. The molecule has 0 radical (unpaired) electrons. The Hall–Kier alpha value is -3.22. The molecule has 1 N–H and O–H groups in total. The van der Waals surface area contributed by atoms with E-state index in [1.807, 2.05) is 55.5 Å². The number of aromatic nitrogens is 1. The van der Waals surface area contributed by atoms with Crippen molar-refractivity contribution < 1.29 is 23.8 Å². The van der Waals surface area contributed by atoms with E-state index in [2.05, 4.69) is 4.98 Å². The highest BCUT2D eigenvalue weighted by molar-refractivity contribution is 5.91. The van der Waals surface area contributed by atoms with Crippen molar-refractivity contribution in [1.82, 2.24) is 4.98 Å². The van der Waals surface area contributed by atoms with Gasteiger partial charge in [0.15, 0.2) is 0 Å². The van der Waals surface area contributed by atoms with Crippen molar-refractivity contribution in [3.8, 4) is 11.5 Å². The van der Waals surface area contributed by atoms with E-state index in [-0.39, 0.29) is 18.8 Å². The largest absolute Gasteiger partial charge is 0.478 e. The van der Waals surface area contributed by atoms with Crippen LogP contribution in [-0.4, -0.2) is 28.3 Å². The molecule has 160 valence electrons. The van der Waals surface area contributed by atoms with Gasteiger partial charge in [-0.3, -0.25) is 0 Å². The summed E-state index contributed by atoms with van der Waals surface area (Å²) in [5.41, 5.74) is 3.44. The number of rotatable bonds is 8. The normalized spacial score (nSPS) is 17.9. The summed E-state index contributed by atoms with van der Waals surface area (Å²) in [6.07, 6.45) is 4.41. The summed E-state index contributed by atoms with van der Waals surface area (Å²) in [6, 6.07) is 15.2. The summed E-state index contributed by atoms with van der Waals surface area (Å²) in [6.45, 7) is 4.27. The third kappa shape index (κ3) is 4.93. The number of aromatic carboxylic acids is 1. The van der Waals surface area contributed by atoms with Crippen LogP contribution in [0.5, 0.6) is 0 Å². The van der Waals surface area contributed by atoms with E-state index in [9.17, 15) is 9.90 Å². The molecule has 0 aliphatic heterocycles. The van der Waals surface area contributed by atoms with Crippen LogP contribution in [0, 0.1) is 13.8 Å². The molecule has 1 heterocycles. The first-order chi connectivity index (χ1) is 15.0. The summed E-state index contributed by atoms with van der Waals surface area (Å²) >= 11 is 0. The van der Waals surface area contributed by atoms with Gasteiger partial charge in [0.1, 0.15) is 11.5 Å². The van der Waals surface area contributed by atoms with Crippen LogP contribution in [-0.2, 0) is 22.7 Å². The minimum Gasteiger partial charge on any atom is -0.478 e. The predicted octanol–water partition coefficient (Wildman–Crippen LogP) is 5.09. The van der Waals surface area contributed by atoms with Gasteiger partial charge in [-0.2, -0.15) is 0 Å². The molecule has 0 saturated heterocycles. The maximum Gasteiger partial charge on any atom is 0.336 e. The van der Waals surface area contributed by atoms with E-state index < -0.39 is 5.97 Å². The van der Waals surface area contributed by atoms with Gasteiger partial charge >= 0.3 is 5.97 Å². The summed E-state index contributed by atoms with van der Waals surface area (Å²) < 4.78 is 17.7. The fourth-order valence-electron chi connectivity index (χ4n) is 3.68. The highest BCUT2D eigenvalue weighted by Crippen LogP contribution is 2.25. The number of aryl methyl sites for hydroxylation is 2. The van der Waals surface area contributed by atoms with Gasteiger partial charge in [-0.25, -0.2) is 9.78 Å². The van der Waals surface area contributed by atoms with E-state index in [4.69, 9.17) is 13.9 Å². The lowest BCUT2D eigenvalue weighted by molar-refractivity contribution is 0.0184. The van der Waals surface area contributed by atoms with Gasteiger partial charge < -0.3 is 19.0 Å². The van der Waals surface area contributed by atoms with Crippen LogP contribution in [0.15, 0.2) is 65.1 Å². The first-order valence-corrected chi connectivity index (χ1v) is 10.3. The molecule has 1 aliphatic carbocycles. The van der Waals surface area contributed by atoms with Crippen molar-refractivity contribution in [3.05, 3.63) is 88.8 Å². The molecule has 4 rings (SSSR count). The Morgan fingerprint density at radius 1 is 1.03 bits per heavy atom. The molecule has 0 bridgehead atoms. The smallest absolute Gasteiger partial charge is 0.336 e. The van der Waals surface area contributed by atoms with Crippen LogP contribution in [0.1, 0.15) is 39.4 Å². The molecule has 6 nitrogen and oxygen atoms in total. The average Bonchev–Trinajstić information content (AvgIpc) is 3.37. The molecule has 6 heteroatoms. The van der Waals surface area contributed by atoms with Crippen molar-refractivity contribution in [2.24, 2.45) is 0 Å². The van der Waals surface area contributed by atoms with Crippen molar-refractivity contribution in [1.29, 1.82) is 0 Å². The van der Waals surface area contributed by atoms with Crippen molar-refractivity contribution in [2.45, 2.75) is 45.7 Å². The van der Waals surface area contributed by atoms with Gasteiger partial charge in [0.05, 0.1) is 31.0 Å². The van der Waals surface area contributed by atoms with Crippen LogP contribution in [0.3, 0.4) is 0 Å². The molecule has 2 atom stereocenters. The molecule has 1 aromatic heterocycles. The Labute approximate surface area is 181 Å². The highest BCUT2D eigenvalue weighted by atomic mass is 16.5. The second-order valence-corrected chi connectivity index (χ2v) is 7.62. The maximum absolute atomic E-state index is 11.5. The lowest BCUT2D eigenvalue weighted by atomic mass is 10.0. The Bertz CT molecular complexity index is 1090. The van der Waals surface area contributed by atoms with Gasteiger partial charge in [0, 0.05) is 12.0 Å². The van der Waals surface area contributed by atoms with Crippen LogP contribution in [0.4, 0.5) is 0 Å². The van der Waals surface area contributed by atoms with Gasteiger partial charge in [-0.15, -0.1) is 0 Å². The molecule has 0 spiro atoms. The molecule has 0 saturated carbocycles. The van der Waals surface area contributed by atoms with Crippen LogP contribution in [0.2, 0.25) is 0 Å². The molecular formula is C25H25NO5. The number of carbonyl (C=O) groups is 1. The Morgan fingerprint density at radius 2 is 1.74 bits per heavy atom. The zero-order valence-electron chi connectivity index (χ0n) is 17.6. The first kappa shape index (κ1) is 21.0. The average molecular weight is 419 g/mol. The monoisotopic (exact) mass is 419 g/mol. The molecule has 0 amide bonds. The van der Waals surface area contributed by atoms with Gasteiger partial charge in [0.2, 0.25) is 5.89 Å². The van der Waals surface area contributed by atoms with Crippen LogP contribution in [0.25, 0.3) is 11.5 Å².